The largest absolute Gasteiger partial charge is 0.481 e. The Labute approximate surface area is 79.1 Å². The van der Waals surface area contributed by atoms with Crippen molar-refractivity contribution in [2.45, 2.75) is 33.3 Å². The molecule has 0 aromatic carbocycles. The monoisotopic (exact) mass is 186 g/mol. The van der Waals surface area contributed by atoms with Crippen molar-refractivity contribution in [1.82, 2.24) is 0 Å². The van der Waals surface area contributed by atoms with E-state index in [0.29, 0.717) is 0 Å². The van der Waals surface area contributed by atoms with Gasteiger partial charge in [0, 0.05) is 0 Å². The van der Waals surface area contributed by atoms with Crippen LogP contribution in [0.15, 0.2) is 12.2 Å². The zero-order chi connectivity index (χ0) is 10.6. The minimum Gasteiger partial charge on any atom is -0.481 e. The van der Waals surface area contributed by atoms with E-state index in [1.165, 1.54) is 6.08 Å². The molecule has 13 heavy (non-hydrogen) atoms. The molecule has 3 nitrogen and oxygen atoms in total. The molecule has 0 aliphatic heterocycles. The third-order valence-corrected chi connectivity index (χ3v) is 1.71. The minimum atomic E-state index is -0.942. The Bertz CT molecular complexity index is 199. The van der Waals surface area contributed by atoms with E-state index in [0.717, 1.165) is 0 Å². The molecule has 1 unspecified atom stereocenters. The molecule has 0 spiro atoms. The number of hydrogen-bond acceptors (Lipinski definition) is 2. The van der Waals surface area contributed by atoms with Crippen LogP contribution in [-0.2, 0) is 4.79 Å². The first kappa shape index (κ1) is 12.2. The van der Waals surface area contributed by atoms with Crippen LogP contribution in [0.2, 0.25) is 0 Å². The second kappa shape index (κ2) is 4.42. The number of carboxylic acid groups (broad SMARTS) is 1. The highest BCUT2D eigenvalue weighted by Crippen LogP contribution is 2.15. The summed E-state index contributed by atoms with van der Waals surface area (Å²) in [6.07, 6.45) is 3.07. The van der Waals surface area contributed by atoms with Crippen molar-refractivity contribution in [3.8, 4) is 0 Å². The van der Waals surface area contributed by atoms with Gasteiger partial charge in [-0.2, -0.15) is 0 Å². The summed E-state index contributed by atoms with van der Waals surface area (Å²) in [6, 6.07) is 0. The molecule has 0 aromatic heterocycles. The number of aliphatic carboxylic acids is 1. The number of rotatable bonds is 4. The van der Waals surface area contributed by atoms with E-state index in [1.54, 1.807) is 19.9 Å². The molecule has 0 aliphatic rings. The van der Waals surface area contributed by atoms with Gasteiger partial charge in [-0.3, -0.25) is 4.79 Å². The number of aliphatic hydroxyl groups is 1. The molecule has 0 amide bonds. The van der Waals surface area contributed by atoms with E-state index in [1.807, 2.05) is 13.8 Å². The van der Waals surface area contributed by atoms with Crippen molar-refractivity contribution in [3.63, 3.8) is 0 Å². The van der Waals surface area contributed by atoms with Gasteiger partial charge in [-0.05, 0) is 19.8 Å². The highest BCUT2D eigenvalue weighted by Gasteiger charge is 2.19. The van der Waals surface area contributed by atoms with Crippen molar-refractivity contribution >= 4 is 5.97 Å². The molecule has 3 heteroatoms. The molecule has 2 N–H and O–H groups in total. The van der Waals surface area contributed by atoms with Crippen molar-refractivity contribution in [3.05, 3.63) is 12.2 Å². The molecule has 76 valence electrons. The average molecular weight is 186 g/mol. The molecule has 0 aromatic rings. The van der Waals surface area contributed by atoms with Gasteiger partial charge in [-0.1, -0.05) is 26.0 Å². The van der Waals surface area contributed by atoms with Gasteiger partial charge in [-0.25, -0.2) is 0 Å². The molecule has 0 saturated carbocycles. The topological polar surface area (TPSA) is 57.5 Å². The zero-order valence-corrected chi connectivity index (χ0v) is 8.61. The Morgan fingerprint density at radius 1 is 1.38 bits per heavy atom. The van der Waals surface area contributed by atoms with Crippen LogP contribution in [0, 0.1) is 11.8 Å². The summed E-state index contributed by atoms with van der Waals surface area (Å²) in [5.74, 6) is -1.34. The van der Waals surface area contributed by atoms with Crippen LogP contribution < -0.4 is 0 Å². The van der Waals surface area contributed by atoms with Crippen LogP contribution in [0.3, 0.4) is 0 Å². The molecule has 0 heterocycles. The van der Waals surface area contributed by atoms with Gasteiger partial charge in [-0.15, -0.1) is 0 Å². The Morgan fingerprint density at radius 3 is 2.08 bits per heavy atom. The van der Waals surface area contributed by atoms with E-state index in [2.05, 4.69) is 0 Å². The summed E-state index contributed by atoms with van der Waals surface area (Å²) < 4.78 is 0. The van der Waals surface area contributed by atoms with Crippen molar-refractivity contribution < 1.29 is 15.0 Å². The maximum absolute atomic E-state index is 10.7. The Kier molecular flexibility index (Phi) is 4.14. The maximum Gasteiger partial charge on any atom is 0.310 e. The molecular formula is C10H18O3. The van der Waals surface area contributed by atoms with Crippen LogP contribution >= 0.6 is 0 Å². The first-order chi connectivity index (χ1) is 5.74. The third-order valence-electron chi connectivity index (χ3n) is 1.71. The lowest BCUT2D eigenvalue weighted by molar-refractivity contribution is -0.141. The Hall–Kier alpha value is -0.830. The zero-order valence-electron chi connectivity index (χ0n) is 8.61. The lowest BCUT2D eigenvalue weighted by atomic mass is 9.94. The summed E-state index contributed by atoms with van der Waals surface area (Å²) in [5.41, 5.74) is -0.942. The van der Waals surface area contributed by atoms with Crippen molar-refractivity contribution in [2.24, 2.45) is 11.8 Å². The van der Waals surface area contributed by atoms with Gasteiger partial charge >= 0.3 is 5.97 Å². The van der Waals surface area contributed by atoms with Gasteiger partial charge in [0.25, 0.3) is 0 Å². The fourth-order valence-corrected chi connectivity index (χ4v) is 0.929. The highest BCUT2D eigenvalue weighted by atomic mass is 16.4. The summed E-state index contributed by atoms with van der Waals surface area (Å²) in [7, 11) is 0. The van der Waals surface area contributed by atoms with Gasteiger partial charge in [0.05, 0.1) is 11.5 Å². The van der Waals surface area contributed by atoms with Crippen molar-refractivity contribution in [2.75, 3.05) is 0 Å². The SMILES string of the molecule is CC(C)C(C=CC(C)(C)O)C(=O)O. The van der Waals surface area contributed by atoms with E-state index in [4.69, 9.17) is 5.11 Å². The minimum absolute atomic E-state index is 0.0381. The first-order valence-electron chi connectivity index (χ1n) is 4.38. The standard InChI is InChI=1S/C10H18O3/c1-7(2)8(9(11)12)5-6-10(3,4)13/h5-8,13H,1-4H3,(H,11,12). The van der Waals surface area contributed by atoms with E-state index in [-0.39, 0.29) is 5.92 Å². The molecule has 0 rings (SSSR count). The maximum atomic E-state index is 10.7. The fourth-order valence-electron chi connectivity index (χ4n) is 0.929. The predicted octanol–water partition coefficient (Wildman–Crippen LogP) is 1.67. The van der Waals surface area contributed by atoms with Gasteiger partial charge < -0.3 is 10.2 Å². The number of hydrogen-bond donors (Lipinski definition) is 2. The average Bonchev–Trinajstić information content (AvgIpc) is 1.82. The second-order valence-corrected chi connectivity index (χ2v) is 4.12. The van der Waals surface area contributed by atoms with Crippen LogP contribution in [0.1, 0.15) is 27.7 Å². The summed E-state index contributed by atoms with van der Waals surface area (Å²) in [4.78, 5) is 10.7. The van der Waals surface area contributed by atoms with Crippen LogP contribution in [0.25, 0.3) is 0 Å². The molecule has 0 bridgehead atoms. The highest BCUT2D eigenvalue weighted by molar-refractivity contribution is 5.72. The fraction of sp³-hybridized carbons (Fsp3) is 0.700. The molecule has 0 fully saturated rings. The Morgan fingerprint density at radius 2 is 1.85 bits per heavy atom. The quantitative estimate of drug-likeness (QED) is 0.656. The van der Waals surface area contributed by atoms with Crippen LogP contribution in [-0.4, -0.2) is 21.8 Å². The number of carbonyl (C=O) groups is 1. The second-order valence-electron chi connectivity index (χ2n) is 4.12. The van der Waals surface area contributed by atoms with Crippen molar-refractivity contribution in [1.29, 1.82) is 0 Å². The van der Waals surface area contributed by atoms with Crippen LogP contribution in [0.4, 0.5) is 0 Å². The predicted molar refractivity (Wildman–Crippen MR) is 51.4 cm³/mol. The van der Waals surface area contributed by atoms with E-state index >= 15 is 0 Å². The molecule has 1 atom stereocenters. The summed E-state index contributed by atoms with van der Waals surface area (Å²) in [5, 5.41) is 18.2. The first-order valence-corrected chi connectivity index (χ1v) is 4.38. The normalized spacial score (nSPS) is 15.2. The Balaban J connectivity index is 4.44. The lowest BCUT2D eigenvalue weighted by Crippen LogP contribution is -2.20. The summed E-state index contributed by atoms with van der Waals surface area (Å²) >= 11 is 0. The van der Waals surface area contributed by atoms with E-state index in [9.17, 15) is 9.90 Å². The smallest absolute Gasteiger partial charge is 0.310 e. The number of carboxylic acids is 1. The van der Waals surface area contributed by atoms with Crippen LogP contribution in [0.5, 0.6) is 0 Å². The molecular weight excluding hydrogens is 168 g/mol. The third kappa shape index (κ3) is 5.42. The summed E-state index contributed by atoms with van der Waals surface area (Å²) in [6.45, 7) is 6.91. The van der Waals surface area contributed by atoms with Gasteiger partial charge in [0.1, 0.15) is 0 Å². The molecule has 0 aliphatic carbocycles. The van der Waals surface area contributed by atoms with Gasteiger partial charge in [0.2, 0.25) is 0 Å². The molecule has 0 saturated heterocycles. The lowest BCUT2D eigenvalue weighted by Gasteiger charge is -2.15. The van der Waals surface area contributed by atoms with Gasteiger partial charge in [0.15, 0.2) is 0 Å². The molecule has 0 radical (unpaired) electrons. The van der Waals surface area contributed by atoms with E-state index < -0.39 is 17.5 Å².